The average molecular weight is 480 g/mol. The fraction of sp³-hybridized carbons (Fsp3) is 0.435. The van der Waals surface area contributed by atoms with Crippen molar-refractivity contribution in [3.05, 3.63) is 64.9 Å². The molecule has 0 aromatic heterocycles. The average Bonchev–Trinajstić information content (AvgIpc) is 2.81. The van der Waals surface area contributed by atoms with Crippen molar-refractivity contribution < 1.29 is 17.6 Å². The molecule has 32 heavy (non-hydrogen) atoms. The number of benzene rings is 2. The summed E-state index contributed by atoms with van der Waals surface area (Å²) in [6, 6.07) is 13.2. The topological polar surface area (TPSA) is 60.9 Å². The normalized spacial score (nSPS) is 18.7. The van der Waals surface area contributed by atoms with Crippen molar-refractivity contribution in [3.8, 4) is 0 Å². The molecule has 2 aromatic carbocycles. The van der Waals surface area contributed by atoms with Gasteiger partial charge < -0.3 is 9.80 Å². The minimum absolute atomic E-state index is 0.0614. The van der Waals surface area contributed by atoms with E-state index in [0.29, 0.717) is 62.7 Å². The molecule has 0 unspecified atom stereocenters. The lowest BCUT2D eigenvalue weighted by molar-refractivity contribution is -0.137. The molecule has 4 rings (SSSR count). The van der Waals surface area contributed by atoms with Gasteiger partial charge in [-0.2, -0.15) is 0 Å². The van der Waals surface area contributed by atoms with Gasteiger partial charge >= 0.3 is 0 Å². The zero-order valence-electron chi connectivity index (χ0n) is 17.8. The Kier molecular flexibility index (Phi) is 7.02. The van der Waals surface area contributed by atoms with Crippen molar-refractivity contribution in [2.45, 2.75) is 18.6 Å². The Labute approximate surface area is 193 Å². The van der Waals surface area contributed by atoms with E-state index in [0.717, 1.165) is 5.69 Å². The number of rotatable bonds is 5. The van der Waals surface area contributed by atoms with Crippen LogP contribution < -0.4 is 4.90 Å². The smallest absolute Gasteiger partial charge is 0.225 e. The van der Waals surface area contributed by atoms with Crippen molar-refractivity contribution >= 4 is 33.2 Å². The van der Waals surface area contributed by atoms with Gasteiger partial charge in [0.2, 0.25) is 15.9 Å². The molecule has 0 aliphatic carbocycles. The molecular formula is C23H27ClFN3O3S. The molecular weight excluding hydrogens is 453 g/mol. The number of amides is 1. The third-order valence-corrected chi connectivity index (χ3v) is 8.34. The van der Waals surface area contributed by atoms with E-state index < -0.39 is 10.0 Å². The highest BCUT2D eigenvalue weighted by atomic mass is 35.5. The minimum atomic E-state index is -3.43. The van der Waals surface area contributed by atoms with Gasteiger partial charge in [0.05, 0.1) is 5.75 Å². The highest BCUT2D eigenvalue weighted by Crippen LogP contribution is 2.25. The molecule has 2 saturated heterocycles. The molecule has 0 radical (unpaired) electrons. The maximum Gasteiger partial charge on any atom is 0.225 e. The predicted octanol–water partition coefficient (Wildman–Crippen LogP) is 3.37. The number of hydrogen-bond acceptors (Lipinski definition) is 4. The van der Waals surface area contributed by atoms with Crippen LogP contribution in [0.15, 0.2) is 48.5 Å². The Morgan fingerprint density at radius 2 is 1.50 bits per heavy atom. The number of carbonyl (C=O) groups excluding carboxylic acids is 1. The first kappa shape index (κ1) is 23.0. The molecule has 6 nitrogen and oxygen atoms in total. The number of piperidine rings is 1. The molecule has 2 aliphatic rings. The van der Waals surface area contributed by atoms with Gasteiger partial charge in [-0.25, -0.2) is 17.1 Å². The van der Waals surface area contributed by atoms with Gasteiger partial charge in [-0.05, 0) is 54.8 Å². The van der Waals surface area contributed by atoms with E-state index in [9.17, 15) is 17.6 Å². The van der Waals surface area contributed by atoms with Gasteiger partial charge in [0.25, 0.3) is 0 Å². The van der Waals surface area contributed by atoms with Crippen LogP contribution in [0.5, 0.6) is 0 Å². The number of halogens is 2. The second kappa shape index (κ2) is 9.77. The van der Waals surface area contributed by atoms with Gasteiger partial charge in [-0.3, -0.25) is 4.79 Å². The van der Waals surface area contributed by atoms with E-state index in [4.69, 9.17) is 11.6 Å². The maximum atomic E-state index is 13.1. The SMILES string of the molecule is O=C(C1CCN(S(=O)(=O)Cc2ccc(Cl)cc2)CC1)N1CCN(c2ccc(F)cc2)CC1. The molecule has 172 valence electrons. The number of nitrogens with zero attached hydrogens (tertiary/aromatic N) is 3. The van der Waals surface area contributed by atoms with E-state index in [1.807, 2.05) is 4.90 Å². The third kappa shape index (κ3) is 5.42. The van der Waals surface area contributed by atoms with Crippen LogP contribution in [0.1, 0.15) is 18.4 Å². The molecule has 1 amide bonds. The largest absolute Gasteiger partial charge is 0.368 e. The van der Waals surface area contributed by atoms with Crippen molar-refractivity contribution in [1.82, 2.24) is 9.21 Å². The van der Waals surface area contributed by atoms with Gasteiger partial charge in [0, 0.05) is 55.9 Å². The van der Waals surface area contributed by atoms with Crippen molar-refractivity contribution in [3.63, 3.8) is 0 Å². The standard InChI is InChI=1S/C23H27ClFN3O3S/c24-20-3-1-18(2-4-20)17-32(30,31)28-11-9-19(10-12-28)23(29)27-15-13-26(14-16-27)22-7-5-21(25)6-8-22/h1-8,19H,9-17H2. The summed E-state index contributed by atoms with van der Waals surface area (Å²) in [5.74, 6) is -0.356. The van der Waals surface area contributed by atoms with E-state index >= 15 is 0 Å². The zero-order chi connectivity index (χ0) is 22.7. The van der Waals surface area contributed by atoms with E-state index in [1.165, 1.54) is 16.4 Å². The number of piperazine rings is 1. The number of hydrogen-bond donors (Lipinski definition) is 0. The number of anilines is 1. The van der Waals surface area contributed by atoms with Crippen LogP contribution in [0.3, 0.4) is 0 Å². The Balaban J connectivity index is 1.27. The van der Waals surface area contributed by atoms with E-state index in [-0.39, 0.29) is 23.4 Å². The Morgan fingerprint density at radius 1 is 0.906 bits per heavy atom. The summed E-state index contributed by atoms with van der Waals surface area (Å²) in [6.07, 6.45) is 1.08. The fourth-order valence-corrected chi connectivity index (χ4v) is 6.05. The molecule has 0 atom stereocenters. The van der Waals surface area contributed by atoms with Gasteiger partial charge in [-0.1, -0.05) is 23.7 Å². The molecule has 0 bridgehead atoms. The first-order valence-electron chi connectivity index (χ1n) is 10.8. The maximum absolute atomic E-state index is 13.1. The van der Waals surface area contributed by atoms with Crippen LogP contribution in [0, 0.1) is 11.7 Å². The summed E-state index contributed by atoms with van der Waals surface area (Å²) in [7, 11) is -3.43. The van der Waals surface area contributed by atoms with Crippen LogP contribution in [-0.4, -0.2) is 62.8 Å². The summed E-state index contributed by atoms with van der Waals surface area (Å²) >= 11 is 5.87. The summed E-state index contributed by atoms with van der Waals surface area (Å²) in [4.78, 5) is 17.0. The van der Waals surface area contributed by atoms with Gasteiger partial charge in [0.1, 0.15) is 5.82 Å². The van der Waals surface area contributed by atoms with Crippen LogP contribution in [-0.2, 0) is 20.6 Å². The first-order chi connectivity index (χ1) is 15.3. The lowest BCUT2D eigenvalue weighted by atomic mass is 9.96. The lowest BCUT2D eigenvalue weighted by Crippen LogP contribution is -2.52. The summed E-state index contributed by atoms with van der Waals surface area (Å²) < 4.78 is 40.2. The molecule has 2 aromatic rings. The summed E-state index contributed by atoms with van der Waals surface area (Å²) in [5, 5.41) is 0.573. The van der Waals surface area contributed by atoms with Crippen molar-refractivity contribution in [2.75, 3.05) is 44.2 Å². The lowest BCUT2D eigenvalue weighted by Gasteiger charge is -2.39. The minimum Gasteiger partial charge on any atom is -0.368 e. The molecule has 0 spiro atoms. The summed E-state index contributed by atoms with van der Waals surface area (Å²) in [5.41, 5.74) is 1.66. The van der Waals surface area contributed by atoms with Crippen LogP contribution >= 0.6 is 11.6 Å². The highest BCUT2D eigenvalue weighted by molar-refractivity contribution is 7.88. The molecule has 0 saturated carbocycles. The van der Waals surface area contributed by atoms with Crippen molar-refractivity contribution in [2.24, 2.45) is 5.92 Å². The fourth-order valence-electron chi connectivity index (χ4n) is 4.36. The monoisotopic (exact) mass is 479 g/mol. The second-order valence-corrected chi connectivity index (χ2v) is 10.8. The molecule has 2 fully saturated rings. The second-order valence-electron chi connectivity index (χ2n) is 8.34. The Morgan fingerprint density at radius 3 is 2.09 bits per heavy atom. The van der Waals surface area contributed by atoms with E-state index in [1.54, 1.807) is 36.4 Å². The Hall–Kier alpha value is -2.16. The van der Waals surface area contributed by atoms with Crippen LogP contribution in [0.25, 0.3) is 0 Å². The van der Waals surface area contributed by atoms with Gasteiger partial charge in [0.15, 0.2) is 0 Å². The Bertz CT molecular complexity index is 1030. The zero-order valence-corrected chi connectivity index (χ0v) is 19.4. The van der Waals surface area contributed by atoms with E-state index in [2.05, 4.69) is 4.90 Å². The molecule has 0 N–H and O–H groups in total. The molecule has 2 aliphatic heterocycles. The van der Waals surface area contributed by atoms with Crippen molar-refractivity contribution in [1.29, 1.82) is 0 Å². The summed E-state index contributed by atoms with van der Waals surface area (Å²) in [6.45, 7) is 3.36. The molecule has 9 heteroatoms. The first-order valence-corrected chi connectivity index (χ1v) is 12.8. The third-order valence-electron chi connectivity index (χ3n) is 6.24. The number of carbonyl (C=O) groups is 1. The van der Waals surface area contributed by atoms with Crippen LogP contribution in [0.4, 0.5) is 10.1 Å². The number of sulfonamides is 1. The highest BCUT2D eigenvalue weighted by Gasteiger charge is 2.34. The predicted molar refractivity (Wildman–Crippen MR) is 124 cm³/mol. The van der Waals surface area contributed by atoms with Crippen LogP contribution in [0.2, 0.25) is 5.02 Å². The molecule has 2 heterocycles. The van der Waals surface area contributed by atoms with Gasteiger partial charge in [-0.15, -0.1) is 0 Å². The quantitative estimate of drug-likeness (QED) is 0.659.